The van der Waals surface area contributed by atoms with E-state index in [-0.39, 0.29) is 0 Å². The number of rotatable bonds is 8. The van der Waals surface area contributed by atoms with Crippen LogP contribution in [0.2, 0.25) is 0 Å². The van der Waals surface area contributed by atoms with Crippen LogP contribution in [0.25, 0.3) is 22.5 Å². The van der Waals surface area contributed by atoms with E-state index in [1.54, 1.807) is 4.68 Å². The minimum absolute atomic E-state index is 0.425. The molecule has 0 saturated heterocycles. The van der Waals surface area contributed by atoms with Gasteiger partial charge in [0.2, 0.25) is 11.6 Å². The topological polar surface area (TPSA) is 85.2 Å². The van der Waals surface area contributed by atoms with Crippen molar-refractivity contribution in [2.45, 2.75) is 46.1 Å². The Bertz CT molecular complexity index is 1160. The monoisotopic (exact) mass is 437 g/mol. The van der Waals surface area contributed by atoms with Crippen LogP contribution in [0.15, 0.2) is 48.5 Å². The van der Waals surface area contributed by atoms with Crippen LogP contribution in [0, 0.1) is 5.92 Å². The minimum atomic E-state index is -3.07. The average Bonchev–Trinajstić information content (AvgIpc) is 3.43. The quantitative estimate of drug-likeness (QED) is 0.425. The zero-order chi connectivity index (χ0) is 22.7. The third kappa shape index (κ3) is 4.87. The maximum absolute atomic E-state index is 13.8. The summed E-state index contributed by atoms with van der Waals surface area (Å²) in [5.41, 5.74) is 3.82. The van der Waals surface area contributed by atoms with E-state index in [4.69, 9.17) is 0 Å². The zero-order valence-electron chi connectivity index (χ0n) is 18.3. The highest BCUT2D eigenvalue weighted by molar-refractivity contribution is 5.80. The van der Waals surface area contributed by atoms with Crippen molar-refractivity contribution in [1.29, 1.82) is 0 Å². The summed E-state index contributed by atoms with van der Waals surface area (Å²) in [5, 5.41) is 18.4. The summed E-state index contributed by atoms with van der Waals surface area (Å²) in [4.78, 5) is 4.16. The molecule has 9 heteroatoms. The molecule has 2 aromatic carbocycles. The Labute approximate surface area is 184 Å². The second kappa shape index (κ2) is 8.94. The molecule has 1 N–H and O–H groups in total. The van der Waals surface area contributed by atoms with Crippen molar-refractivity contribution in [3.8, 4) is 22.5 Å². The molecule has 0 amide bonds. The van der Waals surface area contributed by atoms with Crippen LogP contribution in [0.4, 0.5) is 8.78 Å². The third-order valence-corrected chi connectivity index (χ3v) is 5.20. The lowest BCUT2D eigenvalue weighted by molar-refractivity contribution is 0.00750. The van der Waals surface area contributed by atoms with Gasteiger partial charge in [-0.15, -0.1) is 15.3 Å². The fourth-order valence-electron chi connectivity index (χ4n) is 3.44. The molecule has 2 aromatic heterocycles. The Morgan fingerprint density at radius 3 is 2.38 bits per heavy atom. The molecule has 0 unspecified atom stereocenters. The lowest BCUT2D eigenvalue weighted by Gasteiger charge is -2.10. The number of aromatic nitrogens is 7. The average molecular weight is 437 g/mol. The van der Waals surface area contributed by atoms with Crippen LogP contribution >= 0.6 is 0 Å². The number of aromatic amines is 1. The first-order valence-electron chi connectivity index (χ1n) is 10.6. The molecule has 0 fully saturated rings. The fraction of sp³-hybridized carbons (Fsp3) is 0.348. The highest BCUT2D eigenvalue weighted by atomic mass is 19.3. The van der Waals surface area contributed by atoms with E-state index >= 15 is 0 Å². The van der Waals surface area contributed by atoms with Crippen molar-refractivity contribution < 1.29 is 8.78 Å². The van der Waals surface area contributed by atoms with Crippen molar-refractivity contribution in [3.63, 3.8) is 0 Å². The van der Waals surface area contributed by atoms with Crippen molar-refractivity contribution in [2.24, 2.45) is 5.92 Å². The Kier molecular flexibility index (Phi) is 6.07. The maximum Gasteiger partial charge on any atom is 0.305 e. The molecular weight excluding hydrogens is 412 g/mol. The van der Waals surface area contributed by atoms with E-state index in [1.807, 2.05) is 48.5 Å². The molecule has 4 rings (SSSR count). The number of hydrogen-bond acceptors (Lipinski definition) is 5. The minimum Gasteiger partial charge on any atom is -0.249 e. The van der Waals surface area contributed by atoms with Crippen LogP contribution in [-0.4, -0.2) is 35.4 Å². The summed E-state index contributed by atoms with van der Waals surface area (Å²) in [6.07, 6.45) is 1.27. The second-order valence-corrected chi connectivity index (χ2v) is 8.30. The van der Waals surface area contributed by atoms with Gasteiger partial charge in [0, 0.05) is 25.5 Å². The molecule has 0 atom stereocenters. The highest BCUT2D eigenvalue weighted by Gasteiger charge is 2.31. The molecule has 32 heavy (non-hydrogen) atoms. The Hall–Kier alpha value is -3.49. The summed E-state index contributed by atoms with van der Waals surface area (Å²) in [6, 6.07) is 15.8. The largest absolute Gasteiger partial charge is 0.305 e. The van der Waals surface area contributed by atoms with Crippen LogP contribution in [0.1, 0.15) is 44.4 Å². The smallest absolute Gasteiger partial charge is 0.249 e. The molecule has 7 nitrogen and oxygen atoms in total. The highest BCUT2D eigenvalue weighted by Crippen LogP contribution is 2.30. The van der Waals surface area contributed by atoms with E-state index in [0.29, 0.717) is 30.5 Å². The zero-order valence-corrected chi connectivity index (χ0v) is 18.3. The van der Waals surface area contributed by atoms with Gasteiger partial charge in [0.15, 0.2) is 0 Å². The molecule has 0 aliphatic carbocycles. The molecule has 166 valence electrons. The number of benzene rings is 2. The van der Waals surface area contributed by atoms with E-state index in [1.165, 1.54) is 0 Å². The summed E-state index contributed by atoms with van der Waals surface area (Å²) < 4.78 is 29.3. The summed E-state index contributed by atoms with van der Waals surface area (Å²) in [5.74, 6) is -1.99. The molecule has 0 radical (unpaired) electrons. The van der Waals surface area contributed by atoms with E-state index in [9.17, 15) is 8.78 Å². The molecule has 0 spiro atoms. The van der Waals surface area contributed by atoms with Crippen LogP contribution in [0.3, 0.4) is 0 Å². The molecule has 0 bridgehead atoms. The Morgan fingerprint density at radius 2 is 1.75 bits per heavy atom. The molecule has 0 aliphatic rings. The van der Waals surface area contributed by atoms with Crippen LogP contribution in [0.5, 0.6) is 0 Å². The van der Waals surface area contributed by atoms with Gasteiger partial charge < -0.3 is 0 Å². The molecular formula is C23H25F2N7. The van der Waals surface area contributed by atoms with E-state index < -0.39 is 11.7 Å². The van der Waals surface area contributed by atoms with Gasteiger partial charge in [0.1, 0.15) is 5.82 Å². The van der Waals surface area contributed by atoms with Gasteiger partial charge in [-0.3, -0.25) is 0 Å². The van der Waals surface area contributed by atoms with Crippen molar-refractivity contribution in [2.75, 3.05) is 0 Å². The van der Waals surface area contributed by atoms with Crippen LogP contribution in [-0.2, 0) is 18.9 Å². The fourth-order valence-corrected chi connectivity index (χ4v) is 3.44. The third-order valence-electron chi connectivity index (χ3n) is 5.20. The second-order valence-electron chi connectivity index (χ2n) is 8.30. The molecule has 0 saturated carbocycles. The lowest BCUT2D eigenvalue weighted by Crippen LogP contribution is -2.11. The SMILES string of the molecule is CC(C)CCn1nc(C(C)(F)F)nc1Cc1ccc(-c2ccccc2-c2nn[nH]n2)cc1. The normalized spacial score (nSPS) is 11.9. The predicted octanol–water partition coefficient (Wildman–Crippen LogP) is 4.87. The number of H-pyrrole nitrogens is 1. The van der Waals surface area contributed by atoms with Gasteiger partial charge in [0.05, 0.1) is 0 Å². The van der Waals surface area contributed by atoms with Gasteiger partial charge >= 0.3 is 5.92 Å². The van der Waals surface area contributed by atoms with Gasteiger partial charge in [-0.05, 0) is 34.2 Å². The Morgan fingerprint density at radius 1 is 1.03 bits per heavy atom. The number of tetrazole rings is 1. The maximum atomic E-state index is 13.8. The number of aryl methyl sites for hydroxylation is 1. The molecule has 4 aromatic rings. The van der Waals surface area contributed by atoms with Gasteiger partial charge in [-0.1, -0.05) is 62.4 Å². The number of halogens is 2. The number of nitrogens with zero attached hydrogens (tertiary/aromatic N) is 6. The number of hydrogen-bond donors (Lipinski definition) is 1. The van der Waals surface area contributed by atoms with E-state index in [0.717, 1.165) is 35.6 Å². The molecule has 0 aliphatic heterocycles. The van der Waals surface area contributed by atoms with Gasteiger partial charge in [-0.2, -0.15) is 14.0 Å². The summed E-state index contributed by atoms with van der Waals surface area (Å²) in [6.45, 7) is 5.58. The standard InChI is InChI=1S/C23H25F2N7/c1-15(2)12-13-32-20(26-22(29-32)23(3,24)25)14-16-8-10-17(11-9-16)18-6-4-5-7-19(18)21-27-30-31-28-21/h4-11,15H,12-14H2,1-3H3,(H,27,28,30,31). The first-order chi connectivity index (χ1) is 15.3. The lowest BCUT2D eigenvalue weighted by atomic mass is 9.98. The van der Waals surface area contributed by atoms with Crippen LogP contribution < -0.4 is 0 Å². The van der Waals surface area contributed by atoms with Gasteiger partial charge in [0.25, 0.3) is 0 Å². The summed E-state index contributed by atoms with van der Waals surface area (Å²) in [7, 11) is 0. The first kappa shape index (κ1) is 21.7. The number of nitrogens with one attached hydrogen (secondary N) is 1. The Balaban J connectivity index is 1.59. The number of alkyl halides is 2. The summed E-state index contributed by atoms with van der Waals surface area (Å²) >= 11 is 0. The molecule has 2 heterocycles. The van der Waals surface area contributed by atoms with Crippen molar-refractivity contribution >= 4 is 0 Å². The van der Waals surface area contributed by atoms with Crippen molar-refractivity contribution in [1.82, 2.24) is 35.4 Å². The first-order valence-corrected chi connectivity index (χ1v) is 10.6. The van der Waals surface area contributed by atoms with Crippen molar-refractivity contribution in [3.05, 3.63) is 65.7 Å². The van der Waals surface area contributed by atoms with E-state index in [2.05, 4.69) is 44.6 Å². The van der Waals surface area contributed by atoms with Gasteiger partial charge in [-0.25, -0.2) is 9.67 Å². The predicted molar refractivity (Wildman–Crippen MR) is 117 cm³/mol.